The average Bonchev–Trinajstić information content (AvgIpc) is 2.91. The third-order valence-corrected chi connectivity index (χ3v) is 2.87. The minimum atomic E-state index is -0.839. The number of ether oxygens (including phenoxy) is 2. The molecule has 0 unspecified atom stereocenters. The molecule has 112 valence electrons. The number of hydrogen-bond acceptors (Lipinski definition) is 5. The van der Waals surface area contributed by atoms with Gasteiger partial charge in [0, 0.05) is 12.7 Å². The molecule has 0 aromatic heterocycles. The van der Waals surface area contributed by atoms with Crippen molar-refractivity contribution in [2.24, 2.45) is 11.7 Å². The maximum atomic E-state index is 11.8. The van der Waals surface area contributed by atoms with Crippen LogP contribution in [0.4, 0.5) is 0 Å². The van der Waals surface area contributed by atoms with Crippen molar-refractivity contribution < 1.29 is 23.9 Å². The van der Waals surface area contributed by atoms with Crippen LogP contribution < -0.4 is 11.1 Å². The maximum absolute atomic E-state index is 11.8. The summed E-state index contributed by atoms with van der Waals surface area (Å²) in [5.41, 5.74) is 5.22. The molecule has 0 spiro atoms. The molecule has 1 heterocycles. The fourth-order valence-electron chi connectivity index (χ4n) is 1.77. The zero-order valence-corrected chi connectivity index (χ0v) is 11.5. The van der Waals surface area contributed by atoms with E-state index in [9.17, 15) is 14.4 Å². The molecule has 1 saturated heterocycles. The Labute approximate surface area is 117 Å². The molecule has 0 radical (unpaired) electrons. The van der Waals surface area contributed by atoms with E-state index in [1.807, 2.05) is 0 Å². The van der Waals surface area contributed by atoms with Crippen molar-refractivity contribution in [1.82, 2.24) is 5.32 Å². The van der Waals surface area contributed by atoms with Gasteiger partial charge in [-0.2, -0.15) is 0 Å². The Morgan fingerprint density at radius 1 is 1.50 bits per heavy atom. The first kappa shape index (κ1) is 16.2. The van der Waals surface area contributed by atoms with Gasteiger partial charge < -0.3 is 20.5 Å². The Morgan fingerprint density at radius 3 is 2.80 bits per heavy atom. The molecule has 2 atom stereocenters. The van der Waals surface area contributed by atoms with Gasteiger partial charge in [0.1, 0.15) is 6.04 Å². The second-order valence-corrected chi connectivity index (χ2v) is 4.41. The molecule has 1 rings (SSSR count). The van der Waals surface area contributed by atoms with Crippen molar-refractivity contribution in [2.45, 2.75) is 25.8 Å². The zero-order valence-electron chi connectivity index (χ0n) is 11.5. The largest absolute Gasteiger partial charge is 0.463 e. The van der Waals surface area contributed by atoms with Crippen LogP contribution in [-0.4, -0.2) is 43.6 Å². The lowest BCUT2D eigenvalue weighted by molar-refractivity contribution is -0.137. The first-order chi connectivity index (χ1) is 9.54. The van der Waals surface area contributed by atoms with Crippen LogP contribution in [0.5, 0.6) is 0 Å². The van der Waals surface area contributed by atoms with Crippen molar-refractivity contribution in [3.8, 4) is 0 Å². The molecular weight excluding hydrogens is 264 g/mol. The predicted octanol–water partition coefficient (Wildman–Crippen LogP) is -0.498. The molecule has 7 heteroatoms. The lowest BCUT2D eigenvalue weighted by Gasteiger charge is -2.16. The fraction of sp³-hybridized carbons (Fsp3) is 0.615. The van der Waals surface area contributed by atoms with E-state index >= 15 is 0 Å². The lowest BCUT2D eigenvalue weighted by atomic mass is 10.1. The van der Waals surface area contributed by atoms with Gasteiger partial charge in [0.05, 0.1) is 19.1 Å². The summed E-state index contributed by atoms with van der Waals surface area (Å²) in [6.07, 6.45) is 3.45. The normalized spacial score (nSPS) is 19.8. The standard InChI is InChI=1S/C13H20N2O5/c1-2-20-11(16)5-3-4-10(12(14)17)15-13(18)9-6-7-19-8-9/h3,5,9-10H,2,4,6-8H2,1H3,(H2,14,17)(H,15,18)/b5-3+/t9-,10-/m0/s1. The summed E-state index contributed by atoms with van der Waals surface area (Å²) in [5.74, 6) is -1.64. The van der Waals surface area contributed by atoms with Gasteiger partial charge in [-0.15, -0.1) is 0 Å². The van der Waals surface area contributed by atoms with E-state index in [4.69, 9.17) is 15.2 Å². The molecule has 0 saturated carbocycles. The van der Waals surface area contributed by atoms with Gasteiger partial charge in [-0.1, -0.05) is 6.08 Å². The first-order valence-corrected chi connectivity index (χ1v) is 6.55. The molecule has 7 nitrogen and oxygen atoms in total. The Kier molecular flexibility index (Phi) is 6.72. The van der Waals surface area contributed by atoms with Crippen molar-refractivity contribution in [2.75, 3.05) is 19.8 Å². The van der Waals surface area contributed by atoms with E-state index in [0.717, 1.165) is 0 Å². The lowest BCUT2D eigenvalue weighted by Crippen LogP contribution is -2.46. The SMILES string of the molecule is CCOC(=O)/C=C/C[C@H](NC(=O)[C@H]1CCOC1)C(N)=O. The number of carbonyl (C=O) groups excluding carboxylic acids is 3. The Hall–Kier alpha value is -1.89. The van der Waals surface area contributed by atoms with Gasteiger partial charge in [0.15, 0.2) is 0 Å². The van der Waals surface area contributed by atoms with Crippen LogP contribution in [0.3, 0.4) is 0 Å². The number of primary amides is 1. The average molecular weight is 284 g/mol. The van der Waals surface area contributed by atoms with Crippen LogP contribution in [0.25, 0.3) is 0 Å². The minimum Gasteiger partial charge on any atom is -0.463 e. The molecule has 3 N–H and O–H groups in total. The summed E-state index contributed by atoms with van der Waals surface area (Å²) in [5, 5.41) is 2.57. The Morgan fingerprint density at radius 2 is 2.25 bits per heavy atom. The molecule has 1 aliphatic rings. The van der Waals surface area contributed by atoms with E-state index in [1.165, 1.54) is 12.2 Å². The van der Waals surface area contributed by atoms with E-state index in [0.29, 0.717) is 19.6 Å². The highest BCUT2D eigenvalue weighted by Gasteiger charge is 2.26. The van der Waals surface area contributed by atoms with Gasteiger partial charge >= 0.3 is 5.97 Å². The van der Waals surface area contributed by atoms with E-state index in [1.54, 1.807) is 6.92 Å². The summed E-state index contributed by atoms with van der Waals surface area (Å²) < 4.78 is 9.81. The number of carbonyl (C=O) groups is 3. The molecule has 20 heavy (non-hydrogen) atoms. The quantitative estimate of drug-likeness (QED) is 0.484. The smallest absolute Gasteiger partial charge is 0.330 e. The van der Waals surface area contributed by atoms with Gasteiger partial charge in [-0.05, 0) is 19.8 Å². The fourth-order valence-corrected chi connectivity index (χ4v) is 1.77. The Balaban J connectivity index is 2.45. The molecule has 0 aromatic rings. The number of nitrogens with two attached hydrogens (primary N) is 1. The topological polar surface area (TPSA) is 108 Å². The number of hydrogen-bond donors (Lipinski definition) is 2. The van der Waals surface area contributed by atoms with Crippen LogP contribution in [0.2, 0.25) is 0 Å². The van der Waals surface area contributed by atoms with Crippen LogP contribution in [0.1, 0.15) is 19.8 Å². The van der Waals surface area contributed by atoms with Gasteiger partial charge in [-0.3, -0.25) is 9.59 Å². The molecular formula is C13H20N2O5. The number of nitrogens with one attached hydrogen (secondary N) is 1. The van der Waals surface area contributed by atoms with Gasteiger partial charge in [0.25, 0.3) is 0 Å². The van der Waals surface area contributed by atoms with E-state index < -0.39 is 17.9 Å². The zero-order chi connectivity index (χ0) is 15.0. The monoisotopic (exact) mass is 284 g/mol. The third-order valence-electron chi connectivity index (χ3n) is 2.87. The summed E-state index contributed by atoms with van der Waals surface area (Å²) in [6.45, 7) is 2.88. The molecule has 2 amide bonds. The van der Waals surface area contributed by atoms with Crippen molar-refractivity contribution in [3.63, 3.8) is 0 Å². The highest BCUT2D eigenvalue weighted by atomic mass is 16.5. The maximum Gasteiger partial charge on any atom is 0.330 e. The number of esters is 1. The van der Waals surface area contributed by atoms with E-state index in [2.05, 4.69) is 5.32 Å². The summed E-state index contributed by atoms with van der Waals surface area (Å²) in [6, 6.07) is -0.839. The summed E-state index contributed by atoms with van der Waals surface area (Å²) in [4.78, 5) is 34.2. The molecule has 0 aromatic carbocycles. The van der Waals surface area contributed by atoms with Crippen LogP contribution in [0, 0.1) is 5.92 Å². The molecule has 1 fully saturated rings. The van der Waals surface area contributed by atoms with Crippen LogP contribution >= 0.6 is 0 Å². The highest BCUT2D eigenvalue weighted by Crippen LogP contribution is 2.12. The van der Waals surface area contributed by atoms with E-state index in [-0.39, 0.29) is 24.9 Å². The number of amides is 2. The summed E-state index contributed by atoms with van der Waals surface area (Å²) >= 11 is 0. The Bertz CT molecular complexity index is 388. The van der Waals surface area contributed by atoms with Crippen molar-refractivity contribution in [3.05, 3.63) is 12.2 Å². The first-order valence-electron chi connectivity index (χ1n) is 6.55. The highest BCUT2D eigenvalue weighted by molar-refractivity contribution is 5.88. The second-order valence-electron chi connectivity index (χ2n) is 4.41. The second kappa shape index (κ2) is 8.31. The van der Waals surface area contributed by atoms with Crippen molar-refractivity contribution >= 4 is 17.8 Å². The van der Waals surface area contributed by atoms with Gasteiger partial charge in [-0.25, -0.2) is 4.79 Å². The molecule has 0 aliphatic carbocycles. The van der Waals surface area contributed by atoms with Crippen molar-refractivity contribution in [1.29, 1.82) is 0 Å². The van der Waals surface area contributed by atoms with Gasteiger partial charge in [0.2, 0.25) is 11.8 Å². The predicted molar refractivity (Wildman–Crippen MR) is 70.4 cm³/mol. The summed E-state index contributed by atoms with van der Waals surface area (Å²) in [7, 11) is 0. The van der Waals surface area contributed by atoms with Crippen LogP contribution in [0.15, 0.2) is 12.2 Å². The molecule has 1 aliphatic heterocycles. The van der Waals surface area contributed by atoms with Crippen LogP contribution in [-0.2, 0) is 23.9 Å². The molecule has 0 bridgehead atoms. The minimum absolute atomic E-state index is 0.146. The third kappa shape index (κ3) is 5.40. The number of rotatable bonds is 7.